The number of ether oxygens (including phenoxy) is 2. The van der Waals surface area contributed by atoms with Crippen molar-refractivity contribution in [3.63, 3.8) is 0 Å². The summed E-state index contributed by atoms with van der Waals surface area (Å²) in [6, 6.07) is 3.84. The van der Waals surface area contributed by atoms with E-state index in [0.29, 0.717) is 5.75 Å². The lowest BCUT2D eigenvalue weighted by Gasteiger charge is -2.09. The Morgan fingerprint density at radius 2 is 1.76 bits per heavy atom. The molecule has 1 aromatic carbocycles. The number of hydrogen-bond acceptors (Lipinski definition) is 4. The molecule has 1 aromatic rings. The molecule has 0 atom stereocenters. The summed E-state index contributed by atoms with van der Waals surface area (Å²) in [5, 5.41) is -1.08. The van der Waals surface area contributed by atoms with E-state index < -0.39 is 22.4 Å². The standard InChI is InChI=1S/C10H9F3O3S/c1-15-7-4-3-6(5-8(7)16-2)9(14)17-10(11,12)13/h3-5H,1-2H3. The summed E-state index contributed by atoms with van der Waals surface area (Å²) >= 11 is -0.693. The molecule has 17 heavy (non-hydrogen) atoms. The fourth-order valence-electron chi connectivity index (χ4n) is 1.13. The monoisotopic (exact) mass is 266 g/mol. The van der Waals surface area contributed by atoms with Crippen LogP contribution >= 0.6 is 11.8 Å². The number of halogens is 3. The van der Waals surface area contributed by atoms with Crippen molar-refractivity contribution < 1.29 is 27.4 Å². The first-order valence-corrected chi connectivity index (χ1v) is 5.21. The van der Waals surface area contributed by atoms with Crippen LogP contribution < -0.4 is 9.47 Å². The smallest absolute Gasteiger partial charge is 0.449 e. The van der Waals surface area contributed by atoms with Gasteiger partial charge in [0.15, 0.2) is 11.5 Å². The Balaban J connectivity index is 2.96. The molecule has 0 aliphatic carbocycles. The second kappa shape index (κ2) is 5.31. The highest BCUT2D eigenvalue weighted by Gasteiger charge is 2.33. The molecule has 0 N–H and O–H groups in total. The largest absolute Gasteiger partial charge is 0.493 e. The molecule has 0 heterocycles. The van der Waals surface area contributed by atoms with Crippen molar-refractivity contribution in [3.8, 4) is 11.5 Å². The maximum Gasteiger partial charge on any atom is 0.449 e. The van der Waals surface area contributed by atoms with E-state index in [-0.39, 0.29) is 11.3 Å². The van der Waals surface area contributed by atoms with Gasteiger partial charge in [0, 0.05) is 17.3 Å². The summed E-state index contributed by atoms with van der Waals surface area (Å²) in [7, 11) is 2.73. The Morgan fingerprint density at radius 1 is 1.18 bits per heavy atom. The van der Waals surface area contributed by atoms with E-state index >= 15 is 0 Å². The van der Waals surface area contributed by atoms with Gasteiger partial charge in [0.25, 0.3) is 0 Å². The number of alkyl halides is 3. The zero-order valence-electron chi connectivity index (χ0n) is 9.00. The van der Waals surface area contributed by atoms with Gasteiger partial charge in [-0.15, -0.1) is 0 Å². The van der Waals surface area contributed by atoms with Crippen LogP contribution in [0.2, 0.25) is 0 Å². The molecule has 0 radical (unpaired) electrons. The molecule has 7 heteroatoms. The maximum atomic E-state index is 12.0. The molecule has 0 aliphatic rings. The van der Waals surface area contributed by atoms with Crippen LogP contribution in [0.1, 0.15) is 10.4 Å². The van der Waals surface area contributed by atoms with Gasteiger partial charge in [0.05, 0.1) is 14.2 Å². The first-order chi connectivity index (χ1) is 7.87. The van der Waals surface area contributed by atoms with Crippen molar-refractivity contribution in [2.75, 3.05) is 14.2 Å². The number of hydrogen-bond donors (Lipinski definition) is 0. The van der Waals surface area contributed by atoms with Crippen molar-refractivity contribution in [2.45, 2.75) is 5.51 Å². The van der Waals surface area contributed by atoms with E-state index in [1.807, 2.05) is 0 Å². The molecule has 0 fully saturated rings. The third-order valence-electron chi connectivity index (χ3n) is 1.83. The number of carbonyl (C=O) groups excluding carboxylic acids is 1. The van der Waals surface area contributed by atoms with Gasteiger partial charge in [-0.1, -0.05) is 0 Å². The van der Waals surface area contributed by atoms with E-state index in [0.717, 1.165) is 0 Å². The highest BCUT2D eigenvalue weighted by Crippen LogP contribution is 2.35. The molecule has 0 spiro atoms. The topological polar surface area (TPSA) is 35.5 Å². The number of methoxy groups -OCH3 is 2. The molecule has 0 aliphatic heterocycles. The van der Waals surface area contributed by atoms with Crippen LogP contribution in [-0.2, 0) is 0 Å². The van der Waals surface area contributed by atoms with E-state index in [1.54, 1.807) is 0 Å². The fourth-order valence-corrected chi connectivity index (χ4v) is 1.58. The maximum absolute atomic E-state index is 12.0. The molecule has 3 nitrogen and oxygen atoms in total. The van der Waals surface area contributed by atoms with E-state index in [2.05, 4.69) is 0 Å². The Kier molecular flexibility index (Phi) is 4.28. The van der Waals surface area contributed by atoms with Gasteiger partial charge in [-0.2, -0.15) is 13.2 Å². The first kappa shape index (κ1) is 13.7. The van der Waals surface area contributed by atoms with Crippen molar-refractivity contribution in [2.24, 2.45) is 0 Å². The third kappa shape index (κ3) is 3.85. The molecular formula is C10H9F3O3S. The third-order valence-corrected chi connectivity index (χ3v) is 2.48. The van der Waals surface area contributed by atoms with Crippen LogP contribution in [0.15, 0.2) is 18.2 Å². The average molecular weight is 266 g/mol. The van der Waals surface area contributed by atoms with Gasteiger partial charge < -0.3 is 9.47 Å². The molecule has 0 bridgehead atoms. The van der Waals surface area contributed by atoms with Gasteiger partial charge in [0.1, 0.15) is 0 Å². The number of benzene rings is 1. The van der Waals surface area contributed by atoms with Crippen LogP contribution in [0, 0.1) is 0 Å². The van der Waals surface area contributed by atoms with Gasteiger partial charge in [0.2, 0.25) is 5.12 Å². The SMILES string of the molecule is COc1ccc(C(=O)SC(F)(F)F)cc1OC. The minimum Gasteiger partial charge on any atom is -0.493 e. The van der Waals surface area contributed by atoms with Crippen LogP contribution in [0.4, 0.5) is 13.2 Å². The molecule has 1 rings (SSSR count). The van der Waals surface area contributed by atoms with Crippen LogP contribution in [0.3, 0.4) is 0 Å². The van der Waals surface area contributed by atoms with Gasteiger partial charge in [-0.3, -0.25) is 4.79 Å². The average Bonchev–Trinajstić information content (AvgIpc) is 2.25. The minimum atomic E-state index is -4.59. The normalized spacial score (nSPS) is 11.1. The van der Waals surface area contributed by atoms with Crippen molar-refractivity contribution >= 4 is 16.9 Å². The van der Waals surface area contributed by atoms with Crippen LogP contribution in [0.5, 0.6) is 11.5 Å². The Labute approximate surface area is 99.9 Å². The molecule has 94 valence electrons. The highest BCUT2D eigenvalue weighted by molar-refractivity contribution is 8.14. The van der Waals surface area contributed by atoms with Gasteiger partial charge in [-0.25, -0.2) is 0 Å². The zero-order chi connectivity index (χ0) is 13.1. The van der Waals surface area contributed by atoms with Crippen molar-refractivity contribution in [1.82, 2.24) is 0 Å². The predicted molar refractivity (Wildman–Crippen MR) is 57.5 cm³/mol. The quantitative estimate of drug-likeness (QED) is 0.842. The lowest BCUT2D eigenvalue weighted by molar-refractivity contribution is -0.0322. The molecule has 0 aromatic heterocycles. The Bertz CT molecular complexity index is 418. The van der Waals surface area contributed by atoms with E-state index in [4.69, 9.17) is 9.47 Å². The minimum absolute atomic E-state index is 0.0926. The summed E-state index contributed by atoms with van der Waals surface area (Å²) in [6.45, 7) is 0. The summed E-state index contributed by atoms with van der Waals surface area (Å²) < 4.78 is 45.8. The Hall–Kier alpha value is -1.37. The number of carbonyl (C=O) groups is 1. The zero-order valence-corrected chi connectivity index (χ0v) is 9.82. The molecule has 0 amide bonds. The molecule has 0 unspecified atom stereocenters. The van der Waals surface area contributed by atoms with Gasteiger partial charge in [-0.05, 0) is 18.2 Å². The lowest BCUT2D eigenvalue weighted by Crippen LogP contribution is -2.07. The lowest BCUT2D eigenvalue weighted by atomic mass is 10.2. The predicted octanol–water partition coefficient (Wildman–Crippen LogP) is 3.10. The van der Waals surface area contributed by atoms with E-state index in [9.17, 15) is 18.0 Å². The van der Waals surface area contributed by atoms with Crippen molar-refractivity contribution in [1.29, 1.82) is 0 Å². The second-order valence-electron chi connectivity index (χ2n) is 2.91. The Morgan fingerprint density at radius 3 is 2.24 bits per heavy atom. The number of thioether (sulfide) groups is 1. The second-order valence-corrected chi connectivity index (χ2v) is 3.94. The van der Waals surface area contributed by atoms with Crippen LogP contribution in [0.25, 0.3) is 0 Å². The fraction of sp³-hybridized carbons (Fsp3) is 0.300. The number of rotatable bonds is 3. The summed E-state index contributed by atoms with van der Waals surface area (Å²) in [4.78, 5) is 11.3. The molecule has 0 saturated carbocycles. The summed E-state index contributed by atoms with van der Waals surface area (Å²) in [5.41, 5.74) is -4.69. The van der Waals surface area contributed by atoms with Gasteiger partial charge >= 0.3 is 5.51 Å². The molecule has 0 saturated heterocycles. The van der Waals surface area contributed by atoms with Crippen LogP contribution in [-0.4, -0.2) is 24.8 Å². The van der Waals surface area contributed by atoms with Crippen molar-refractivity contribution in [3.05, 3.63) is 23.8 Å². The molecular weight excluding hydrogens is 257 g/mol. The highest BCUT2D eigenvalue weighted by atomic mass is 32.2. The first-order valence-electron chi connectivity index (χ1n) is 4.39. The summed E-state index contributed by atoms with van der Waals surface area (Å²) in [6.07, 6.45) is 0. The summed E-state index contributed by atoms with van der Waals surface area (Å²) in [5.74, 6) is 0.558. The van der Waals surface area contributed by atoms with E-state index in [1.165, 1.54) is 32.4 Å².